The van der Waals surface area contributed by atoms with E-state index in [2.05, 4.69) is 22.4 Å². The van der Waals surface area contributed by atoms with Crippen LogP contribution in [0.5, 0.6) is 0 Å². The molecule has 1 aliphatic carbocycles. The minimum absolute atomic E-state index is 0.154. The molecule has 1 aromatic rings. The van der Waals surface area contributed by atoms with Gasteiger partial charge in [0.15, 0.2) is 10.8 Å². The van der Waals surface area contributed by atoms with Gasteiger partial charge in [-0.15, -0.1) is 10.2 Å². The van der Waals surface area contributed by atoms with Crippen LogP contribution < -0.4 is 5.32 Å². The van der Waals surface area contributed by atoms with E-state index >= 15 is 0 Å². The molecule has 98 valence electrons. The summed E-state index contributed by atoms with van der Waals surface area (Å²) < 4.78 is 0. The third kappa shape index (κ3) is 3.42. The molecule has 1 amide bonds. The van der Waals surface area contributed by atoms with Crippen LogP contribution in [0.25, 0.3) is 0 Å². The fourth-order valence-electron chi connectivity index (χ4n) is 2.41. The molecule has 0 unspecified atom stereocenters. The lowest BCUT2D eigenvalue weighted by Gasteiger charge is -2.28. The van der Waals surface area contributed by atoms with Gasteiger partial charge in [-0.2, -0.15) is 0 Å². The summed E-state index contributed by atoms with van der Waals surface area (Å²) >= 11 is 5.63. The van der Waals surface area contributed by atoms with Crippen LogP contribution in [0, 0.1) is 5.92 Å². The van der Waals surface area contributed by atoms with Crippen LogP contribution in [0.3, 0.4) is 0 Å². The van der Waals surface area contributed by atoms with Crippen molar-refractivity contribution in [3.05, 3.63) is 23.0 Å². The topological polar surface area (TPSA) is 54.9 Å². The van der Waals surface area contributed by atoms with Gasteiger partial charge in [0.2, 0.25) is 0 Å². The highest BCUT2D eigenvalue weighted by molar-refractivity contribution is 6.29. The molecular weight excluding hydrogens is 250 g/mol. The molecule has 2 rings (SSSR count). The van der Waals surface area contributed by atoms with Crippen molar-refractivity contribution in [1.29, 1.82) is 0 Å². The molecule has 4 nitrogen and oxygen atoms in total. The van der Waals surface area contributed by atoms with Crippen molar-refractivity contribution in [3.8, 4) is 0 Å². The Kier molecular flexibility index (Phi) is 4.53. The number of hydrogen-bond donors (Lipinski definition) is 1. The van der Waals surface area contributed by atoms with Crippen molar-refractivity contribution >= 4 is 17.5 Å². The largest absolute Gasteiger partial charge is 0.348 e. The maximum absolute atomic E-state index is 11.9. The summed E-state index contributed by atoms with van der Waals surface area (Å²) in [4.78, 5) is 11.9. The predicted octanol–water partition coefficient (Wildman–Crippen LogP) is 2.83. The highest BCUT2D eigenvalue weighted by Gasteiger charge is 2.22. The lowest BCUT2D eigenvalue weighted by molar-refractivity contribution is 0.0915. The number of hydrogen-bond acceptors (Lipinski definition) is 3. The fraction of sp³-hybridized carbons (Fsp3) is 0.615. The fourth-order valence-corrected chi connectivity index (χ4v) is 2.51. The Morgan fingerprint density at radius 3 is 2.61 bits per heavy atom. The number of rotatable bonds is 3. The van der Waals surface area contributed by atoms with E-state index in [1.807, 2.05) is 0 Å². The van der Waals surface area contributed by atoms with E-state index in [1.54, 1.807) is 12.1 Å². The zero-order valence-electron chi connectivity index (χ0n) is 10.5. The summed E-state index contributed by atoms with van der Waals surface area (Å²) in [7, 11) is 0. The average Bonchev–Trinajstić information content (AvgIpc) is 2.40. The minimum atomic E-state index is -0.154. The van der Waals surface area contributed by atoms with Gasteiger partial charge in [0, 0.05) is 6.04 Å². The molecule has 0 bridgehead atoms. The third-order valence-electron chi connectivity index (χ3n) is 3.62. The van der Waals surface area contributed by atoms with E-state index in [9.17, 15) is 4.79 Å². The van der Waals surface area contributed by atoms with E-state index in [4.69, 9.17) is 11.6 Å². The van der Waals surface area contributed by atoms with Gasteiger partial charge >= 0.3 is 0 Å². The van der Waals surface area contributed by atoms with E-state index < -0.39 is 0 Å². The normalized spacial score (nSPS) is 23.7. The molecule has 1 fully saturated rings. The Labute approximate surface area is 112 Å². The summed E-state index contributed by atoms with van der Waals surface area (Å²) in [5.74, 6) is 0.674. The van der Waals surface area contributed by atoms with E-state index in [-0.39, 0.29) is 11.9 Å². The first-order valence-electron chi connectivity index (χ1n) is 6.49. The zero-order chi connectivity index (χ0) is 13.0. The summed E-state index contributed by atoms with van der Waals surface area (Å²) in [6, 6.07) is 3.46. The standard InChI is InChI=1S/C13H18ClN3O/c1-2-9-3-5-10(6-4-9)15-13(18)11-7-8-12(14)17-16-11/h7-10H,2-6H2,1H3,(H,15,18). The van der Waals surface area contributed by atoms with Crippen LogP contribution in [-0.4, -0.2) is 22.1 Å². The van der Waals surface area contributed by atoms with Crippen LogP contribution in [0.4, 0.5) is 0 Å². The molecule has 0 aromatic carbocycles. The lowest BCUT2D eigenvalue weighted by Crippen LogP contribution is -2.38. The van der Waals surface area contributed by atoms with Crippen molar-refractivity contribution in [2.45, 2.75) is 45.1 Å². The van der Waals surface area contributed by atoms with Crippen LogP contribution in [-0.2, 0) is 0 Å². The molecule has 5 heteroatoms. The van der Waals surface area contributed by atoms with E-state index in [0.717, 1.165) is 18.8 Å². The highest BCUT2D eigenvalue weighted by Crippen LogP contribution is 2.26. The summed E-state index contributed by atoms with van der Waals surface area (Å²) in [5, 5.41) is 10.8. The molecule has 1 aliphatic rings. The molecule has 1 N–H and O–H groups in total. The van der Waals surface area contributed by atoms with Crippen molar-refractivity contribution in [2.75, 3.05) is 0 Å². The smallest absolute Gasteiger partial charge is 0.272 e. The van der Waals surface area contributed by atoms with Crippen LogP contribution in [0.15, 0.2) is 12.1 Å². The molecule has 0 spiro atoms. The minimum Gasteiger partial charge on any atom is -0.348 e. The van der Waals surface area contributed by atoms with Crippen LogP contribution in [0.1, 0.15) is 49.5 Å². The molecule has 1 saturated carbocycles. The summed E-state index contributed by atoms with van der Waals surface area (Å²) in [5.41, 5.74) is 0.331. The summed E-state index contributed by atoms with van der Waals surface area (Å²) in [6.07, 6.45) is 5.77. The number of carbonyl (C=O) groups excluding carboxylic acids is 1. The van der Waals surface area contributed by atoms with Crippen LogP contribution in [0.2, 0.25) is 5.15 Å². The first-order chi connectivity index (χ1) is 8.69. The van der Waals surface area contributed by atoms with Gasteiger partial charge in [0.1, 0.15) is 0 Å². The van der Waals surface area contributed by atoms with E-state index in [1.165, 1.54) is 19.3 Å². The number of halogens is 1. The summed E-state index contributed by atoms with van der Waals surface area (Å²) in [6.45, 7) is 2.23. The van der Waals surface area contributed by atoms with Gasteiger partial charge in [-0.05, 0) is 43.7 Å². The Morgan fingerprint density at radius 1 is 1.33 bits per heavy atom. The van der Waals surface area contributed by atoms with Crippen molar-refractivity contribution in [3.63, 3.8) is 0 Å². The number of nitrogens with one attached hydrogen (secondary N) is 1. The lowest BCUT2D eigenvalue weighted by atomic mass is 9.84. The SMILES string of the molecule is CCC1CCC(NC(=O)c2ccc(Cl)nn2)CC1. The Morgan fingerprint density at radius 2 is 2.06 bits per heavy atom. The maximum Gasteiger partial charge on any atom is 0.272 e. The molecule has 1 heterocycles. The number of carbonyl (C=O) groups is 1. The molecule has 18 heavy (non-hydrogen) atoms. The van der Waals surface area contributed by atoms with Gasteiger partial charge in [-0.1, -0.05) is 24.9 Å². The molecular formula is C13H18ClN3O. The van der Waals surface area contributed by atoms with Gasteiger partial charge in [0.05, 0.1) is 0 Å². The molecule has 1 aromatic heterocycles. The number of aromatic nitrogens is 2. The second-order valence-corrected chi connectivity index (χ2v) is 5.23. The maximum atomic E-state index is 11.9. The van der Waals surface area contributed by atoms with Gasteiger partial charge < -0.3 is 5.32 Å². The van der Waals surface area contributed by atoms with E-state index in [0.29, 0.717) is 10.8 Å². The first-order valence-corrected chi connectivity index (χ1v) is 6.87. The molecule has 0 saturated heterocycles. The second-order valence-electron chi connectivity index (χ2n) is 4.84. The van der Waals surface area contributed by atoms with Crippen molar-refractivity contribution in [1.82, 2.24) is 15.5 Å². The molecule has 0 radical (unpaired) electrons. The quantitative estimate of drug-likeness (QED) is 0.916. The Hall–Kier alpha value is -1.16. The second kappa shape index (κ2) is 6.14. The van der Waals surface area contributed by atoms with Gasteiger partial charge in [-0.25, -0.2) is 0 Å². The number of nitrogens with zero attached hydrogens (tertiary/aromatic N) is 2. The van der Waals surface area contributed by atoms with Gasteiger partial charge in [-0.3, -0.25) is 4.79 Å². The monoisotopic (exact) mass is 267 g/mol. The average molecular weight is 268 g/mol. The predicted molar refractivity (Wildman–Crippen MR) is 70.5 cm³/mol. The molecule has 0 aliphatic heterocycles. The zero-order valence-corrected chi connectivity index (χ0v) is 11.3. The highest BCUT2D eigenvalue weighted by atomic mass is 35.5. The first kappa shape index (κ1) is 13.3. The van der Waals surface area contributed by atoms with Crippen molar-refractivity contribution in [2.24, 2.45) is 5.92 Å². The Bertz CT molecular complexity index is 399. The van der Waals surface area contributed by atoms with Gasteiger partial charge in [0.25, 0.3) is 5.91 Å². The molecule has 0 atom stereocenters. The van der Waals surface area contributed by atoms with Crippen molar-refractivity contribution < 1.29 is 4.79 Å². The van der Waals surface area contributed by atoms with Crippen LogP contribution >= 0.6 is 11.6 Å². The number of amides is 1. The Balaban J connectivity index is 1.86. The third-order valence-corrected chi connectivity index (χ3v) is 3.83.